The summed E-state index contributed by atoms with van der Waals surface area (Å²) in [5.74, 6) is 0.416. The summed E-state index contributed by atoms with van der Waals surface area (Å²) in [4.78, 5) is 4.36. The van der Waals surface area contributed by atoms with Crippen LogP contribution < -0.4 is 4.90 Å². The molecule has 1 aliphatic heterocycles. The number of aliphatic hydroxyl groups is 1. The van der Waals surface area contributed by atoms with Crippen LogP contribution in [0.3, 0.4) is 0 Å². The minimum absolute atomic E-state index is 0.294. The number of aliphatic hydroxyl groups excluding tert-OH is 1. The second kappa shape index (κ2) is 12.8. The molecule has 0 bridgehead atoms. The van der Waals surface area contributed by atoms with Crippen LogP contribution in [0.4, 0.5) is 10.3 Å². The molecular weight excluding hydrogens is 449 g/mol. The molecule has 35 heavy (non-hydrogen) atoms. The number of benzene rings is 2. The standard InChI is InChI=1S/C27H34FN3O4/c1-33-15-5-12-30(19-24(32)18-21-6-3-2-4-7-21)20-25-26(22-8-10-23(28)11-9-22)29-35-27(25)31-13-16-34-17-14-31/h2-4,6-11,24,32H,5,12-20H2,1H3. The summed E-state index contributed by atoms with van der Waals surface area (Å²) in [7, 11) is 1.69. The third-order valence-corrected chi connectivity index (χ3v) is 6.17. The van der Waals surface area contributed by atoms with Crippen LogP contribution in [0.5, 0.6) is 0 Å². The molecule has 2 aromatic carbocycles. The number of aromatic nitrogens is 1. The molecule has 8 heteroatoms. The quantitative estimate of drug-likeness (QED) is 0.393. The lowest BCUT2D eigenvalue weighted by Crippen LogP contribution is -2.38. The Kier molecular flexibility index (Phi) is 9.25. The Balaban J connectivity index is 1.58. The number of rotatable bonds is 12. The lowest BCUT2D eigenvalue weighted by Gasteiger charge is -2.29. The highest BCUT2D eigenvalue weighted by Gasteiger charge is 2.26. The van der Waals surface area contributed by atoms with E-state index in [1.807, 2.05) is 30.3 Å². The summed E-state index contributed by atoms with van der Waals surface area (Å²) < 4.78 is 30.2. The largest absolute Gasteiger partial charge is 0.391 e. The molecule has 3 aromatic rings. The number of hydrogen-bond donors (Lipinski definition) is 1. The zero-order valence-corrected chi connectivity index (χ0v) is 20.2. The van der Waals surface area contributed by atoms with Crippen molar-refractivity contribution in [1.29, 1.82) is 0 Å². The SMILES string of the molecule is COCCCN(Cc1c(-c2ccc(F)cc2)noc1N1CCOCC1)CC(O)Cc1ccccc1. The molecule has 7 nitrogen and oxygen atoms in total. The smallest absolute Gasteiger partial charge is 0.232 e. The van der Waals surface area contributed by atoms with Crippen LogP contribution in [0.2, 0.25) is 0 Å². The third-order valence-electron chi connectivity index (χ3n) is 6.17. The molecular formula is C27H34FN3O4. The van der Waals surface area contributed by atoms with E-state index in [4.69, 9.17) is 14.0 Å². The van der Waals surface area contributed by atoms with Gasteiger partial charge in [-0.05, 0) is 42.7 Å². The molecule has 0 aliphatic carbocycles. The van der Waals surface area contributed by atoms with E-state index in [-0.39, 0.29) is 5.82 Å². The highest BCUT2D eigenvalue weighted by Crippen LogP contribution is 2.33. The molecule has 1 aromatic heterocycles. The van der Waals surface area contributed by atoms with Crippen molar-refractivity contribution in [3.05, 3.63) is 71.5 Å². The van der Waals surface area contributed by atoms with Gasteiger partial charge in [-0.15, -0.1) is 0 Å². The Hall–Kier alpha value is -2.78. The molecule has 0 radical (unpaired) electrons. The second-order valence-corrected chi connectivity index (χ2v) is 8.85. The number of ether oxygens (including phenoxy) is 2. The van der Waals surface area contributed by atoms with Crippen molar-refractivity contribution >= 4 is 5.88 Å². The molecule has 0 amide bonds. The molecule has 1 aliphatic rings. The summed E-state index contributed by atoms with van der Waals surface area (Å²) in [6, 6.07) is 16.3. The van der Waals surface area contributed by atoms with Gasteiger partial charge in [0.15, 0.2) is 0 Å². The van der Waals surface area contributed by atoms with E-state index in [0.717, 1.165) is 29.7 Å². The van der Waals surface area contributed by atoms with Crippen LogP contribution in [0.1, 0.15) is 17.5 Å². The second-order valence-electron chi connectivity index (χ2n) is 8.85. The molecule has 0 spiro atoms. The predicted molar refractivity (Wildman–Crippen MR) is 133 cm³/mol. The van der Waals surface area contributed by atoms with Gasteiger partial charge in [0.2, 0.25) is 5.88 Å². The normalized spacial score (nSPS) is 15.0. The summed E-state index contributed by atoms with van der Waals surface area (Å²) in [5.41, 5.74) is 3.53. The van der Waals surface area contributed by atoms with Crippen LogP contribution in [-0.4, -0.2) is 74.4 Å². The fourth-order valence-electron chi connectivity index (χ4n) is 4.43. The van der Waals surface area contributed by atoms with Crippen molar-refractivity contribution in [2.24, 2.45) is 0 Å². The first-order valence-electron chi connectivity index (χ1n) is 12.1. The van der Waals surface area contributed by atoms with Crippen molar-refractivity contribution in [2.45, 2.75) is 25.5 Å². The molecule has 1 fully saturated rings. The number of morpholine rings is 1. The Morgan fingerprint density at radius 1 is 1.11 bits per heavy atom. The lowest BCUT2D eigenvalue weighted by atomic mass is 10.0. The maximum Gasteiger partial charge on any atom is 0.232 e. The number of nitrogens with zero attached hydrogens (tertiary/aromatic N) is 3. The first-order chi connectivity index (χ1) is 17.1. The molecule has 1 unspecified atom stereocenters. The van der Waals surface area contributed by atoms with Gasteiger partial charge in [-0.2, -0.15) is 0 Å². The lowest BCUT2D eigenvalue weighted by molar-refractivity contribution is 0.0991. The first kappa shape index (κ1) is 25.3. The molecule has 1 atom stereocenters. The van der Waals surface area contributed by atoms with Crippen LogP contribution in [0.25, 0.3) is 11.3 Å². The highest BCUT2D eigenvalue weighted by molar-refractivity contribution is 5.68. The number of anilines is 1. The highest BCUT2D eigenvalue weighted by atomic mass is 19.1. The average molecular weight is 484 g/mol. The molecule has 1 N–H and O–H groups in total. The molecule has 1 saturated heterocycles. The summed E-state index contributed by atoms with van der Waals surface area (Å²) in [6.07, 6.45) is 0.881. The van der Waals surface area contributed by atoms with Crippen molar-refractivity contribution in [1.82, 2.24) is 10.1 Å². The minimum Gasteiger partial charge on any atom is -0.391 e. The predicted octanol–water partition coefficient (Wildman–Crippen LogP) is 3.76. The van der Waals surface area contributed by atoms with Crippen LogP contribution in [0.15, 0.2) is 59.1 Å². The van der Waals surface area contributed by atoms with E-state index in [0.29, 0.717) is 64.0 Å². The molecule has 0 saturated carbocycles. The van der Waals surface area contributed by atoms with Gasteiger partial charge in [-0.1, -0.05) is 35.5 Å². The van der Waals surface area contributed by atoms with Gasteiger partial charge in [-0.25, -0.2) is 4.39 Å². The van der Waals surface area contributed by atoms with Gasteiger partial charge in [0.25, 0.3) is 0 Å². The Bertz CT molecular complexity index is 1020. The molecule has 188 valence electrons. The number of halogens is 1. The van der Waals surface area contributed by atoms with E-state index < -0.39 is 6.10 Å². The Morgan fingerprint density at radius 2 is 1.86 bits per heavy atom. The van der Waals surface area contributed by atoms with Crippen LogP contribution >= 0.6 is 0 Å². The summed E-state index contributed by atoms with van der Waals surface area (Å²) in [6.45, 7) is 5.09. The summed E-state index contributed by atoms with van der Waals surface area (Å²) >= 11 is 0. The van der Waals surface area contributed by atoms with Crippen molar-refractivity contribution in [3.63, 3.8) is 0 Å². The van der Waals surface area contributed by atoms with E-state index in [1.165, 1.54) is 12.1 Å². The van der Waals surface area contributed by atoms with Crippen LogP contribution in [0, 0.1) is 5.82 Å². The van der Waals surface area contributed by atoms with Gasteiger partial charge in [0.05, 0.1) is 24.9 Å². The topological polar surface area (TPSA) is 71.2 Å². The zero-order chi connectivity index (χ0) is 24.5. The van der Waals surface area contributed by atoms with Crippen molar-refractivity contribution in [3.8, 4) is 11.3 Å². The van der Waals surface area contributed by atoms with Crippen molar-refractivity contribution in [2.75, 3.05) is 58.0 Å². The van der Waals surface area contributed by atoms with Gasteiger partial charge >= 0.3 is 0 Å². The van der Waals surface area contributed by atoms with E-state index >= 15 is 0 Å². The average Bonchev–Trinajstić information content (AvgIpc) is 3.29. The van der Waals surface area contributed by atoms with E-state index in [2.05, 4.69) is 15.0 Å². The zero-order valence-electron chi connectivity index (χ0n) is 20.2. The van der Waals surface area contributed by atoms with Gasteiger partial charge in [0.1, 0.15) is 11.5 Å². The Morgan fingerprint density at radius 3 is 2.57 bits per heavy atom. The molecule has 2 heterocycles. The maximum absolute atomic E-state index is 13.6. The van der Waals surface area contributed by atoms with Gasteiger partial charge in [0, 0.05) is 52.0 Å². The first-order valence-corrected chi connectivity index (χ1v) is 12.1. The van der Waals surface area contributed by atoms with Crippen LogP contribution in [-0.2, 0) is 22.4 Å². The minimum atomic E-state index is -0.527. The maximum atomic E-state index is 13.6. The number of methoxy groups -OCH3 is 1. The van der Waals surface area contributed by atoms with E-state index in [1.54, 1.807) is 19.2 Å². The van der Waals surface area contributed by atoms with Crippen molar-refractivity contribution < 1.29 is 23.5 Å². The fraction of sp³-hybridized carbons (Fsp3) is 0.444. The van der Waals surface area contributed by atoms with E-state index in [9.17, 15) is 9.50 Å². The fourth-order valence-corrected chi connectivity index (χ4v) is 4.43. The van der Waals surface area contributed by atoms with Gasteiger partial charge < -0.3 is 24.0 Å². The van der Waals surface area contributed by atoms with Gasteiger partial charge in [-0.3, -0.25) is 4.90 Å². The third kappa shape index (κ3) is 7.11. The monoisotopic (exact) mass is 483 g/mol. The number of hydrogen-bond acceptors (Lipinski definition) is 7. The molecule has 4 rings (SSSR count). The summed E-state index contributed by atoms with van der Waals surface area (Å²) in [5, 5.41) is 15.3. The Labute approximate surface area is 206 Å².